The lowest BCUT2D eigenvalue weighted by Crippen LogP contribution is -2.37. The van der Waals surface area contributed by atoms with Gasteiger partial charge in [-0.05, 0) is 61.4 Å². The number of hydrogen-bond donors (Lipinski definition) is 1. The highest BCUT2D eigenvalue weighted by molar-refractivity contribution is 6.05. The average molecular weight is 376 g/mol. The molecule has 0 aliphatic carbocycles. The Labute approximate surface area is 165 Å². The number of hydrazine groups is 1. The van der Waals surface area contributed by atoms with Crippen LogP contribution in [0, 0.1) is 0 Å². The van der Waals surface area contributed by atoms with E-state index < -0.39 is 0 Å². The molecular weight excluding hydrogens is 352 g/mol. The Kier molecular flexibility index (Phi) is 7.04. The molecule has 0 spiro atoms. The van der Waals surface area contributed by atoms with Gasteiger partial charge in [-0.3, -0.25) is 4.79 Å². The third-order valence-electron chi connectivity index (χ3n) is 4.17. The molecule has 1 amide bonds. The van der Waals surface area contributed by atoms with Gasteiger partial charge in [-0.25, -0.2) is 10.9 Å². The molecule has 0 saturated carbocycles. The second kappa shape index (κ2) is 10.1. The molecule has 3 aromatic carbocycles. The number of carbonyl (C=O) groups excluding carboxylic acids is 1. The smallest absolute Gasteiger partial charge is 0.272 e. The van der Waals surface area contributed by atoms with Crippen LogP contribution >= 0.6 is 0 Å². The van der Waals surface area contributed by atoms with E-state index in [2.05, 4.69) is 0 Å². The summed E-state index contributed by atoms with van der Waals surface area (Å²) in [6.07, 6.45) is 1.80. The van der Waals surface area contributed by atoms with Gasteiger partial charge in [-0.1, -0.05) is 36.4 Å². The number of para-hydroxylation sites is 1. The molecule has 0 bridgehead atoms. The quantitative estimate of drug-likeness (QED) is 0.259. The lowest BCUT2D eigenvalue weighted by Gasteiger charge is -2.17. The monoisotopic (exact) mass is 376 g/mol. The number of carbonyl (C=O) groups is 1. The van der Waals surface area contributed by atoms with Gasteiger partial charge in [-0.15, -0.1) is 0 Å². The maximum Gasteiger partial charge on any atom is 0.272 e. The highest BCUT2D eigenvalue weighted by Gasteiger charge is 2.13. The number of nitrogens with zero attached hydrogens (tertiary/aromatic N) is 1. The number of amides is 1. The van der Waals surface area contributed by atoms with E-state index in [0.29, 0.717) is 24.5 Å². The molecular formula is C23H24N2O3. The molecule has 0 unspecified atom stereocenters. The number of nitrogens with two attached hydrogens (primary N) is 1. The predicted octanol–water partition coefficient (Wildman–Crippen LogP) is 4.45. The number of anilines is 1. The molecule has 2 N–H and O–H groups in total. The minimum atomic E-state index is -0.257. The Morgan fingerprint density at radius 3 is 1.79 bits per heavy atom. The van der Waals surface area contributed by atoms with Gasteiger partial charge in [0, 0.05) is 5.56 Å². The first-order valence-electron chi connectivity index (χ1n) is 9.29. The summed E-state index contributed by atoms with van der Waals surface area (Å²) in [6.45, 7) is 1.27. The molecule has 0 atom stereocenters. The first-order valence-corrected chi connectivity index (χ1v) is 9.29. The van der Waals surface area contributed by atoms with Crippen molar-refractivity contribution in [3.63, 3.8) is 0 Å². The van der Waals surface area contributed by atoms with E-state index >= 15 is 0 Å². The molecule has 144 valence electrons. The normalized spacial score (nSPS) is 10.3. The van der Waals surface area contributed by atoms with Crippen LogP contribution < -0.4 is 20.3 Å². The molecule has 0 aromatic heterocycles. The van der Waals surface area contributed by atoms with Crippen LogP contribution in [0.3, 0.4) is 0 Å². The molecule has 3 aromatic rings. The van der Waals surface area contributed by atoms with Gasteiger partial charge in [0.25, 0.3) is 5.91 Å². The van der Waals surface area contributed by atoms with Gasteiger partial charge in [-0.2, -0.15) is 0 Å². The van der Waals surface area contributed by atoms with Gasteiger partial charge in [0.05, 0.1) is 18.9 Å². The Hall–Kier alpha value is -3.31. The second-order valence-electron chi connectivity index (χ2n) is 6.25. The van der Waals surface area contributed by atoms with E-state index in [-0.39, 0.29) is 5.91 Å². The van der Waals surface area contributed by atoms with Crippen molar-refractivity contribution in [3.05, 3.63) is 90.5 Å². The maximum atomic E-state index is 12.4. The van der Waals surface area contributed by atoms with Crippen LogP contribution in [0.4, 0.5) is 5.69 Å². The van der Waals surface area contributed by atoms with Crippen molar-refractivity contribution in [2.75, 3.05) is 18.2 Å². The summed E-state index contributed by atoms with van der Waals surface area (Å²) >= 11 is 0. The average Bonchev–Trinajstić information content (AvgIpc) is 2.77. The standard InChI is InChI=1S/C23H24N2O3/c24-25(23(26)19-9-3-1-4-10-19)20-13-15-22(16-14-20)28-18-8-7-17-27-21-11-5-2-6-12-21/h1-6,9-16H,7-8,17-18,24H2. The van der Waals surface area contributed by atoms with Crippen molar-refractivity contribution in [1.29, 1.82) is 0 Å². The zero-order valence-electron chi connectivity index (χ0n) is 15.7. The molecule has 5 nitrogen and oxygen atoms in total. The molecule has 0 radical (unpaired) electrons. The van der Waals surface area contributed by atoms with Crippen molar-refractivity contribution in [1.82, 2.24) is 0 Å². The fourth-order valence-electron chi connectivity index (χ4n) is 2.64. The van der Waals surface area contributed by atoms with E-state index in [1.165, 1.54) is 0 Å². The number of ether oxygens (including phenoxy) is 2. The topological polar surface area (TPSA) is 64.8 Å². The van der Waals surface area contributed by atoms with Crippen molar-refractivity contribution < 1.29 is 14.3 Å². The highest BCUT2D eigenvalue weighted by Crippen LogP contribution is 2.19. The zero-order valence-corrected chi connectivity index (χ0v) is 15.7. The molecule has 5 heteroatoms. The molecule has 0 aliphatic rings. The fraction of sp³-hybridized carbons (Fsp3) is 0.174. The van der Waals surface area contributed by atoms with Gasteiger partial charge in [0.2, 0.25) is 0 Å². The summed E-state index contributed by atoms with van der Waals surface area (Å²) in [4.78, 5) is 12.4. The summed E-state index contributed by atoms with van der Waals surface area (Å²) in [7, 11) is 0. The van der Waals surface area contributed by atoms with E-state index in [4.69, 9.17) is 15.3 Å². The minimum absolute atomic E-state index is 0.257. The fourth-order valence-corrected chi connectivity index (χ4v) is 2.64. The maximum absolute atomic E-state index is 12.4. The number of hydrogen-bond acceptors (Lipinski definition) is 4. The van der Waals surface area contributed by atoms with Crippen LogP contribution in [0.2, 0.25) is 0 Å². The SMILES string of the molecule is NN(C(=O)c1ccccc1)c1ccc(OCCCCOc2ccccc2)cc1. The zero-order chi connectivity index (χ0) is 19.6. The van der Waals surface area contributed by atoms with Crippen LogP contribution in [0.1, 0.15) is 23.2 Å². The minimum Gasteiger partial charge on any atom is -0.494 e. The van der Waals surface area contributed by atoms with Gasteiger partial charge >= 0.3 is 0 Å². The lowest BCUT2D eigenvalue weighted by molar-refractivity contribution is 0.0987. The van der Waals surface area contributed by atoms with Crippen molar-refractivity contribution in [2.24, 2.45) is 5.84 Å². The Bertz CT molecular complexity index is 852. The van der Waals surface area contributed by atoms with E-state index in [1.807, 2.05) is 60.7 Å². The van der Waals surface area contributed by atoms with Crippen molar-refractivity contribution >= 4 is 11.6 Å². The van der Waals surface area contributed by atoms with Gasteiger partial charge in [0.1, 0.15) is 11.5 Å². The lowest BCUT2D eigenvalue weighted by atomic mass is 10.2. The van der Waals surface area contributed by atoms with Crippen LogP contribution in [0.25, 0.3) is 0 Å². The number of benzene rings is 3. The van der Waals surface area contributed by atoms with Crippen molar-refractivity contribution in [3.8, 4) is 11.5 Å². The van der Waals surface area contributed by atoms with E-state index in [9.17, 15) is 4.79 Å². The number of rotatable bonds is 9. The highest BCUT2D eigenvalue weighted by atomic mass is 16.5. The summed E-state index contributed by atoms with van der Waals surface area (Å²) < 4.78 is 11.4. The third-order valence-corrected chi connectivity index (χ3v) is 4.17. The van der Waals surface area contributed by atoms with Crippen LogP contribution in [-0.2, 0) is 0 Å². The first-order chi connectivity index (χ1) is 13.7. The largest absolute Gasteiger partial charge is 0.494 e. The Balaban J connectivity index is 1.40. The predicted molar refractivity (Wildman–Crippen MR) is 111 cm³/mol. The first kappa shape index (κ1) is 19.5. The summed E-state index contributed by atoms with van der Waals surface area (Å²) in [5.74, 6) is 7.32. The van der Waals surface area contributed by atoms with Crippen molar-refractivity contribution in [2.45, 2.75) is 12.8 Å². The third kappa shape index (κ3) is 5.59. The number of unbranched alkanes of at least 4 members (excludes halogenated alkanes) is 1. The molecule has 0 fully saturated rings. The van der Waals surface area contributed by atoms with E-state index in [0.717, 1.165) is 29.3 Å². The Morgan fingerprint density at radius 2 is 1.21 bits per heavy atom. The van der Waals surface area contributed by atoms with Crippen LogP contribution in [0.15, 0.2) is 84.9 Å². The van der Waals surface area contributed by atoms with Gasteiger partial charge < -0.3 is 9.47 Å². The Morgan fingerprint density at radius 1 is 0.714 bits per heavy atom. The molecule has 0 aliphatic heterocycles. The molecule has 0 heterocycles. The summed E-state index contributed by atoms with van der Waals surface area (Å²) in [5.41, 5.74) is 1.15. The second-order valence-corrected chi connectivity index (χ2v) is 6.25. The van der Waals surface area contributed by atoms with Crippen LogP contribution in [0.5, 0.6) is 11.5 Å². The van der Waals surface area contributed by atoms with Crippen LogP contribution in [-0.4, -0.2) is 19.1 Å². The summed E-state index contributed by atoms with van der Waals surface area (Å²) in [6, 6.07) is 25.9. The molecule has 3 rings (SSSR count). The molecule has 28 heavy (non-hydrogen) atoms. The molecule has 0 saturated heterocycles. The summed E-state index contributed by atoms with van der Waals surface area (Å²) in [5, 5.41) is 1.14. The van der Waals surface area contributed by atoms with Gasteiger partial charge in [0.15, 0.2) is 0 Å². The van der Waals surface area contributed by atoms with E-state index in [1.54, 1.807) is 24.3 Å².